The predicted octanol–water partition coefficient (Wildman–Crippen LogP) is 4.01. The van der Waals surface area contributed by atoms with E-state index in [9.17, 15) is 15.0 Å². The van der Waals surface area contributed by atoms with Crippen LogP contribution in [0.2, 0.25) is 0 Å². The second-order valence-electron chi connectivity index (χ2n) is 5.50. The molecule has 0 aliphatic heterocycles. The fraction of sp³-hybridized carbons (Fsp3) is 0.316. The van der Waals surface area contributed by atoms with Gasteiger partial charge in [-0.2, -0.15) is 0 Å². The number of aryl methyl sites for hydroxylation is 2. The van der Waals surface area contributed by atoms with Crippen molar-refractivity contribution in [3.8, 4) is 11.5 Å². The van der Waals surface area contributed by atoms with Crippen LogP contribution in [0.1, 0.15) is 36.8 Å². The number of para-hydroxylation sites is 2. The largest absolute Gasteiger partial charge is 0.508 e. The zero-order valence-corrected chi connectivity index (χ0v) is 12.7. The molecule has 116 valence electrons. The van der Waals surface area contributed by atoms with Crippen molar-refractivity contribution in [3.63, 3.8) is 0 Å². The van der Waals surface area contributed by atoms with Crippen LogP contribution < -0.4 is 0 Å². The first-order chi connectivity index (χ1) is 10.7. The minimum atomic E-state index is 0.242. The third-order valence-corrected chi connectivity index (χ3v) is 3.79. The molecule has 2 aromatic rings. The molecule has 0 heterocycles. The molecule has 2 rings (SSSR count). The van der Waals surface area contributed by atoms with Crippen molar-refractivity contribution >= 4 is 5.78 Å². The van der Waals surface area contributed by atoms with Gasteiger partial charge in [-0.05, 0) is 48.9 Å². The van der Waals surface area contributed by atoms with E-state index >= 15 is 0 Å². The Labute approximate surface area is 131 Å². The molecule has 22 heavy (non-hydrogen) atoms. The molecule has 3 heteroatoms. The van der Waals surface area contributed by atoms with Crippen LogP contribution in [0.3, 0.4) is 0 Å². The highest BCUT2D eigenvalue weighted by Gasteiger charge is 2.06. The molecular formula is C19H22O3. The number of aromatic hydroxyl groups is 2. The Morgan fingerprint density at radius 1 is 0.727 bits per heavy atom. The first-order valence-electron chi connectivity index (χ1n) is 7.72. The van der Waals surface area contributed by atoms with Crippen molar-refractivity contribution in [3.05, 3.63) is 59.7 Å². The van der Waals surface area contributed by atoms with Crippen molar-refractivity contribution < 1.29 is 15.0 Å². The minimum absolute atomic E-state index is 0.242. The van der Waals surface area contributed by atoms with E-state index in [-0.39, 0.29) is 5.78 Å². The number of phenols is 2. The average Bonchev–Trinajstić information content (AvgIpc) is 2.51. The zero-order valence-electron chi connectivity index (χ0n) is 12.7. The maximum atomic E-state index is 11.9. The molecule has 0 radical (unpaired) electrons. The SMILES string of the molecule is O=C(CCCc1ccccc1O)CCCc1ccccc1O. The van der Waals surface area contributed by atoms with Gasteiger partial charge < -0.3 is 10.2 Å². The highest BCUT2D eigenvalue weighted by atomic mass is 16.3. The number of rotatable bonds is 8. The van der Waals surface area contributed by atoms with E-state index in [1.54, 1.807) is 24.3 Å². The lowest BCUT2D eigenvalue weighted by Gasteiger charge is -2.05. The van der Waals surface area contributed by atoms with Crippen LogP contribution in [-0.2, 0) is 17.6 Å². The van der Waals surface area contributed by atoms with E-state index in [1.807, 2.05) is 24.3 Å². The van der Waals surface area contributed by atoms with Gasteiger partial charge in [0.15, 0.2) is 0 Å². The topological polar surface area (TPSA) is 57.5 Å². The maximum Gasteiger partial charge on any atom is 0.132 e. The number of ketones is 1. The van der Waals surface area contributed by atoms with Crippen LogP contribution in [0.25, 0.3) is 0 Å². The summed E-state index contributed by atoms with van der Waals surface area (Å²) in [5, 5.41) is 19.3. The molecule has 2 N–H and O–H groups in total. The standard InChI is InChI=1S/C19H22O3/c20-17(11-5-9-15-7-1-3-13-18(15)21)12-6-10-16-8-2-4-14-19(16)22/h1-4,7-8,13-14,21-22H,5-6,9-12H2. The van der Waals surface area contributed by atoms with Gasteiger partial charge >= 0.3 is 0 Å². The number of carbonyl (C=O) groups is 1. The Hall–Kier alpha value is -2.29. The summed E-state index contributed by atoms with van der Waals surface area (Å²) in [5.74, 6) is 0.842. The fourth-order valence-corrected chi connectivity index (χ4v) is 2.52. The molecule has 0 atom stereocenters. The summed E-state index contributed by atoms with van der Waals surface area (Å²) in [5.41, 5.74) is 1.79. The first-order valence-corrected chi connectivity index (χ1v) is 7.72. The lowest BCUT2D eigenvalue weighted by Crippen LogP contribution is -2.00. The van der Waals surface area contributed by atoms with E-state index in [0.717, 1.165) is 36.8 Å². The van der Waals surface area contributed by atoms with Crippen LogP contribution in [-0.4, -0.2) is 16.0 Å². The Balaban J connectivity index is 1.66. The summed E-state index contributed by atoms with van der Waals surface area (Å²) >= 11 is 0. The van der Waals surface area contributed by atoms with E-state index in [4.69, 9.17) is 0 Å². The molecular weight excluding hydrogens is 276 g/mol. The smallest absolute Gasteiger partial charge is 0.132 e. The molecule has 0 unspecified atom stereocenters. The predicted molar refractivity (Wildman–Crippen MR) is 87.1 cm³/mol. The number of Topliss-reactive ketones (excluding diaryl/α,β-unsaturated/α-hetero) is 1. The van der Waals surface area contributed by atoms with Crippen LogP contribution >= 0.6 is 0 Å². The Morgan fingerprint density at radius 2 is 1.14 bits per heavy atom. The summed E-state index contributed by atoms with van der Waals surface area (Å²) in [4.78, 5) is 11.9. The van der Waals surface area contributed by atoms with Crippen molar-refractivity contribution in [1.82, 2.24) is 0 Å². The minimum Gasteiger partial charge on any atom is -0.508 e. The third-order valence-electron chi connectivity index (χ3n) is 3.79. The molecule has 0 saturated carbocycles. The van der Waals surface area contributed by atoms with Gasteiger partial charge in [-0.15, -0.1) is 0 Å². The van der Waals surface area contributed by atoms with Gasteiger partial charge in [0, 0.05) is 12.8 Å². The lowest BCUT2D eigenvalue weighted by atomic mass is 10.0. The third kappa shape index (κ3) is 4.92. The van der Waals surface area contributed by atoms with Crippen LogP contribution in [0.15, 0.2) is 48.5 Å². The Bertz CT molecular complexity index is 566. The van der Waals surface area contributed by atoms with Gasteiger partial charge in [0.05, 0.1) is 0 Å². The van der Waals surface area contributed by atoms with E-state index in [0.29, 0.717) is 24.3 Å². The second kappa shape index (κ2) is 8.23. The zero-order chi connectivity index (χ0) is 15.8. The molecule has 0 aromatic heterocycles. The van der Waals surface area contributed by atoms with Crippen LogP contribution in [0.4, 0.5) is 0 Å². The summed E-state index contributed by atoms with van der Waals surface area (Å²) in [7, 11) is 0. The van der Waals surface area contributed by atoms with Crippen molar-refractivity contribution in [2.24, 2.45) is 0 Å². The van der Waals surface area contributed by atoms with Gasteiger partial charge in [-0.25, -0.2) is 0 Å². The number of benzene rings is 2. The van der Waals surface area contributed by atoms with E-state index < -0.39 is 0 Å². The fourth-order valence-electron chi connectivity index (χ4n) is 2.52. The van der Waals surface area contributed by atoms with E-state index in [2.05, 4.69) is 0 Å². The highest BCUT2D eigenvalue weighted by Crippen LogP contribution is 2.20. The van der Waals surface area contributed by atoms with Crippen molar-refractivity contribution in [2.45, 2.75) is 38.5 Å². The summed E-state index contributed by atoms with van der Waals surface area (Å²) in [6, 6.07) is 14.5. The normalized spacial score (nSPS) is 10.5. The van der Waals surface area contributed by atoms with Gasteiger partial charge in [-0.1, -0.05) is 36.4 Å². The van der Waals surface area contributed by atoms with Gasteiger partial charge in [0.1, 0.15) is 17.3 Å². The van der Waals surface area contributed by atoms with Crippen LogP contribution in [0.5, 0.6) is 11.5 Å². The van der Waals surface area contributed by atoms with Gasteiger partial charge in [0.25, 0.3) is 0 Å². The van der Waals surface area contributed by atoms with Crippen LogP contribution in [0, 0.1) is 0 Å². The molecule has 0 spiro atoms. The average molecular weight is 298 g/mol. The van der Waals surface area contributed by atoms with Gasteiger partial charge in [0.2, 0.25) is 0 Å². The number of hydrogen-bond donors (Lipinski definition) is 2. The molecule has 0 aliphatic carbocycles. The summed E-state index contributed by atoms with van der Waals surface area (Å²) in [6.45, 7) is 0. The molecule has 0 saturated heterocycles. The summed E-state index contributed by atoms with van der Waals surface area (Å²) in [6.07, 6.45) is 4.03. The van der Waals surface area contributed by atoms with E-state index in [1.165, 1.54) is 0 Å². The molecule has 0 amide bonds. The Kier molecular flexibility index (Phi) is 6.01. The quantitative estimate of drug-likeness (QED) is 0.774. The lowest BCUT2D eigenvalue weighted by molar-refractivity contribution is -0.119. The molecule has 0 bridgehead atoms. The molecule has 3 nitrogen and oxygen atoms in total. The maximum absolute atomic E-state index is 11.9. The summed E-state index contributed by atoms with van der Waals surface area (Å²) < 4.78 is 0. The Morgan fingerprint density at radius 3 is 1.55 bits per heavy atom. The molecule has 2 aromatic carbocycles. The monoisotopic (exact) mass is 298 g/mol. The number of phenolic OH excluding ortho intramolecular Hbond substituents is 2. The highest BCUT2D eigenvalue weighted by molar-refractivity contribution is 5.78. The molecule has 0 aliphatic rings. The molecule has 0 fully saturated rings. The van der Waals surface area contributed by atoms with Crippen molar-refractivity contribution in [1.29, 1.82) is 0 Å². The number of carbonyl (C=O) groups excluding carboxylic acids is 1. The first kappa shape index (κ1) is 16.1. The van der Waals surface area contributed by atoms with Gasteiger partial charge in [-0.3, -0.25) is 4.79 Å². The second-order valence-corrected chi connectivity index (χ2v) is 5.50. The number of hydrogen-bond acceptors (Lipinski definition) is 3. The van der Waals surface area contributed by atoms with Crippen molar-refractivity contribution in [2.75, 3.05) is 0 Å².